The Morgan fingerprint density at radius 3 is 2.69 bits per heavy atom. The minimum atomic E-state index is 0.0590. The largest absolute Gasteiger partial charge is 0.380 e. The molecule has 0 atom stereocenters. The van der Waals surface area contributed by atoms with E-state index < -0.39 is 0 Å². The summed E-state index contributed by atoms with van der Waals surface area (Å²) in [5.41, 5.74) is 5.55. The number of hydrogen-bond acceptors (Lipinski definition) is 5. The van der Waals surface area contributed by atoms with E-state index in [0.717, 1.165) is 66.3 Å². The molecule has 0 spiro atoms. The van der Waals surface area contributed by atoms with Gasteiger partial charge in [0.15, 0.2) is 5.78 Å². The Hall–Kier alpha value is -3.25. The number of para-hydroxylation sites is 1. The van der Waals surface area contributed by atoms with Crippen molar-refractivity contribution in [2.24, 2.45) is 0 Å². The molecular formula is C23H22N4O2. The number of carbonyl (C=O) groups excluding carboxylic acids is 1. The topological polar surface area (TPSA) is 60.2 Å². The van der Waals surface area contributed by atoms with E-state index in [0.29, 0.717) is 6.61 Å². The van der Waals surface area contributed by atoms with Crippen LogP contribution in [0, 0.1) is 0 Å². The highest BCUT2D eigenvalue weighted by molar-refractivity contribution is 6.08. The third kappa shape index (κ3) is 3.47. The second-order valence-electron chi connectivity index (χ2n) is 7.35. The van der Waals surface area contributed by atoms with E-state index >= 15 is 0 Å². The minimum absolute atomic E-state index is 0.0590. The van der Waals surface area contributed by atoms with Gasteiger partial charge in [-0.15, -0.1) is 5.10 Å². The van der Waals surface area contributed by atoms with Crippen LogP contribution in [0.4, 0.5) is 0 Å². The lowest BCUT2D eigenvalue weighted by atomic mass is 9.88. The lowest BCUT2D eigenvalue weighted by Gasteiger charge is -2.29. The SMILES string of the molecule is O=C1C=C(N2CCCOCC2)Cc2c1cccc2-c1cn(-c2ccccc2)nn1. The number of ketones is 1. The Bertz CT molecular complexity index is 1060. The predicted octanol–water partition coefficient (Wildman–Crippen LogP) is 3.28. The van der Waals surface area contributed by atoms with E-state index in [1.165, 1.54) is 0 Å². The maximum Gasteiger partial charge on any atom is 0.187 e. The van der Waals surface area contributed by atoms with Crippen molar-refractivity contribution in [2.45, 2.75) is 12.8 Å². The van der Waals surface area contributed by atoms with E-state index in [-0.39, 0.29) is 5.78 Å². The van der Waals surface area contributed by atoms with Gasteiger partial charge in [0.1, 0.15) is 5.69 Å². The summed E-state index contributed by atoms with van der Waals surface area (Å²) in [4.78, 5) is 15.1. The molecule has 2 aromatic carbocycles. The van der Waals surface area contributed by atoms with E-state index in [2.05, 4.69) is 15.2 Å². The van der Waals surface area contributed by atoms with E-state index in [4.69, 9.17) is 4.74 Å². The number of carbonyl (C=O) groups is 1. The number of rotatable bonds is 3. The van der Waals surface area contributed by atoms with Gasteiger partial charge in [-0.1, -0.05) is 41.6 Å². The highest BCUT2D eigenvalue weighted by Gasteiger charge is 2.25. The average molecular weight is 386 g/mol. The molecule has 0 radical (unpaired) electrons. The molecule has 6 heteroatoms. The molecule has 0 bridgehead atoms. The molecule has 1 saturated heterocycles. The van der Waals surface area contributed by atoms with Crippen LogP contribution in [0.5, 0.6) is 0 Å². The molecule has 0 unspecified atom stereocenters. The lowest BCUT2D eigenvalue weighted by molar-refractivity contribution is 0.103. The zero-order chi connectivity index (χ0) is 19.6. The van der Waals surface area contributed by atoms with Crippen molar-refractivity contribution < 1.29 is 9.53 Å². The molecule has 1 aromatic heterocycles. The monoisotopic (exact) mass is 386 g/mol. The Morgan fingerprint density at radius 1 is 0.931 bits per heavy atom. The third-order valence-electron chi connectivity index (χ3n) is 5.52. The summed E-state index contributed by atoms with van der Waals surface area (Å²) in [6.45, 7) is 3.22. The number of allylic oxidation sites excluding steroid dienone is 2. The maximum absolute atomic E-state index is 12.9. The second kappa shape index (κ2) is 7.64. The fourth-order valence-electron chi connectivity index (χ4n) is 4.04. The molecule has 146 valence electrons. The van der Waals surface area contributed by atoms with Gasteiger partial charge in [0.05, 0.1) is 18.5 Å². The summed E-state index contributed by atoms with van der Waals surface area (Å²) in [7, 11) is 0. The lowest BCUT2D eigenvalue weighted by Crippen LogP contribution is -2.29. The fraction of sp³-hybridized carbons (Fsp3) is 0.261. The molecule has 6 nitrogen and oxygen atoms in total. The normalized spacial score (nSPS) is 16.9. The number of aromatic nitrogens is 3. The van der Waals surface area contributed by atoms with Gasteiger partial charge in [-0.3, -0.25) is 4.79 Å². The molecule has 3 aromatic rings. The predicted molar refractivity (Wildman–Crippen MR) is 110 cm³/mol. The van der Waals surface area contributed by atoms with Crippen LogP contribution >= 0.6 is 0 Å². The molecule has 1 fully saturated rings. The van der Waals surface area contributed by atoms with Crippen molar-refractivity contribution >= 4 is 5.78 Å². The highest BCUT2D eigenvalue weighted by Crippen LogP contribution is 2.32. The fourth-order valence-corrected chi connectivity index (χ4v) is 4.04. The molecule has 2 aliphatic rings. The molecule has 5 rings (SSSR count). The number of hydrogen-bond donors (Lipinski definition) is 0. The maximum atomic E-state index is 12.9. The summed E-state index contributed by atoms with van der Waals surface area (Å²) in [5.74, 6) is 0.0590. The van der Waals surface area contributed by atoms with Crippen LogP contribution < -0.4 is 0 Å². The minimum Gasteiger partial charge on any atom is -0.380 e. The van der Waals surface area contributed by atoms with Crippen molar-refractivity contribution in [3.8, 4) is 16.9 Å². The van der Waals surface area contributed by atoms with Gasteiger partial charge >= 0.3 is 0 Å². The molecular weight excluding hydrogens is 364 g/mol. The Morgan fingerprint density at radius 2 is 1.79 bits per heavy atom. The van der Waals surface area contributed by atoms with Gasteiger partial charge < -0.3 is 9.64 Å². The van der Waals surface area contributed by atoms with E-state index in [1.54, 1.807) is 10.8 Å². The standard InChI is InChI=1S/C23H22N4O2/c28-23-15-18(26-10-5-12-29-13-11-26)14-21-19(8-4-9-20(21)23)22-16-27(25-24-22)17-6-2-1-3-7-17/h1-4,6-9,15-16H,5,10-14H2. The second-order valence-corrected chi connectivity index (χ2v) is 7.35. The highest BCUT2D eigenvalue weighted by atomic mass is 16.5. The first kappa shape index (κ1) is 17.8. The first-order valence-electron chi connectivity index (χ1n) is 9.97. The van der Waals surface area contributed by atoms with Crippen molar-refractivity contribution in [3.63, 3.8) is 0 Å². The molecule has 1 aliphatic carbocycles. The van der Waals surface area contributed by atoms with Gasteiger partial charge in [-0.25, -0.2) is 4.68 Å². The van der Waals surface area contributed by atoms with E-state index in [1.807, 2.05) is 54.7 Å². The van der Waals surface area contributed by atoms with Crippen molar-refractivity contribution in [3.05, 3.63) is 77.6 Å². The zero-order valence-electron chi connectivity index (χ0n) is 16.1. The quantitative estimate of drug-likeness (QED) is 0.691. The Labute approximate surface area is 169 Å². The molecule has 0 amide bonds. The molecule has 0 saturated carbocycles. The molecule has 1 aliphatic heterocycles. The number of ether oxygens (including phenoxy) is 1. The summed E-state index contributed by atoms with van der Waals surface area (Å²) >= 11 is 0. The van der Waals surface area contributed by atoms with Crippen LogP contribution in [-0.2, 0) is 11.2 Å². The van der Waals surface area contributed by atoms with Gasteiger partial charge in [0, 0.05) is 49.0 Å². The third-order valence-corrected chi connectivity index (χ3v) is 5.52. The number of benzene rings is 2. The van der Waals surface area contributed by atoms with Crippen molar-refractivity contribution in [1.29, 1.82) is 0 Å². The van der Waals surface area contributed by atoms with E-state index in [9.17, 15) is 4.79 Å². The van der Waals surface area contributed by atoms with Crippen LogP contribution in [-0.4, -0.2) is 52.0 Å². The average Bonchev–Trinajstić information content (AvgIpc) is 3.09. The van der Waals surface area contributed by atoms with Gasteiger partial charge in [0.25, 0.3) is 0 Å². The summed E-state index contributed by atoms with van der Waals surface area (Å²) in [6, 6.07) is 15.8. The number of fused-ring (bicyclic) bond motifs is 1. The smallest absolute Gasteiger partial charge is 0.187 e. The Kier molecular flexibility index (Phi) is 4.69. The van der Waals surface area contributed by atoms with Crippen molar-refractivity contribution in [2.75, 3.05) is 26.3 Å². The Balaban J connectivity index is 1.50. The van der Waals surface area contributed by atoms with Crippen LogP contribution in [0.15, 0.2) is 66.5 Å². The molecule has 0 N–H and O–H groups in total. The van der Waals surface area contributed by atoms with Gasteiger partial charge in [0.2, 0.25) is 0 Å². The molecule has 29 heavy (non-hydrogen) atoms. The van der Waals surface area contributed by atoms with Gasteiger partial charge in [-0.2, -0.15) is 0 Å². The molecule has 2 heterocycles. The number of nitrogens with zero attached hydrogens (tertiary/aromatic N) is 4. The van der Waals surface area contributed by atoms with Gasteiger partial charge in [-0.05, 0) is 24.1 Å². The summed E-state index contributed by atoms with van der Waals surface area (Å²) < 4.78 is 7.34. The first-order valence-corrected chi connectivity index (χ1v) is 9.97. The van der Waals surface area contributed by atoms with Crippen LogP contribution in [0.1, 0.15) is 22.3 Å². The van der Waals surface area contributed by atoms with Crippen LogP contribution in [0.3, 0.4) is 0 Å². The van der Waals surface area contributed by atoms with Crippen LogP contribution in [0.2, 0.25) is 0 Å². The summed E-state index contributed by atoms with van der Waals surface area (Å²) in [6.07, 6.45) is 5.41. The van der Waals surface area contributed by atoms with Crippen molar-refractivity contribution in [1.82, 2.24) is 19.9 Å². The first-order chi connectivity index (χ1) is 14.3. The van der Waals surface area contributed by atoms with Crippen LogP contribution in [0.25, 0.3) is 16.9 Å². The summed E-state index contributed by atoms with van der Waals surface area (Å²) in [5, 5.41) is 8.69. The zero-order valence-corrected chi connectivity index (χ0v) is 16.1.